The van der Waals surface area contributed by atoms with Crippen LogP contribution in [0.25, 0.3) is 11.3 Å². The summed E-state index contributed by atoms with van der Waals surface area (Å²) in [5.41, 5.74) is 4.21. The molecule has 0 spiro atoms. The largest absolute Gasteiger partial charge is 0.480 e. The van der Waals surface area contributed by atoms with Gasteiger partial charge in [0.25, 0.3) is 0 Å². The molecule has 0 radical (unpaired) electrons. The zero-order valence-corrected chi connectivity index (χ0v) is 16.2. The zero-order valence-electron chi connectivity index (χ0n) is 16.2. The van der Waals surface area contributed by atoms with Crippen LogP contribution in [0, 0.1) is 0 Å². The first-order valence-corrected chi connectivity index (χ1v) is 9.62. The van der Waals surface area contributed by atoms with Crippen molar-refractivity contribution in [3.05, 3.63) is 114 Å². The van der Waals surface area contributed by atoms with Crippen LogP contribution in [0.15, 0.2) is 107 Å². The number of aromatic nitrogens is 1. The van der Waals surface area contributed by atoms with Gasteiger partial charge in [-0.15, -0.1) is 0 Å². The molecular formula is C25H20N2O3. The van der Waals surface area contributed by atoms with Crippen LogP contribution in [0.3, 0.4) is 0 Å². The molecule has 5 heteroatoms. The first kappa shape index (κ1) is 19.3. The molecule has 4 rings (SSSR count). The molecule has 0 amide bonds. The monoisotopic (exact) mass is 396 g/mol. The number of benzene rings is 3. The number of carbonyl (C=O) groups is 1. The normalized spacial score (nSPS) is 11.6. The van der Waals surface area contributed by atoms with E-state index in [1.54, 1.807) is 12.3 Å². The third-order valence-corrected chi connectivity index (χ3v) is 4.77. The van der Waals surface area contributed by atoms with Gasteiger partial charge in [-0.2, -0.15) is 0 Å². The molecule has 0 saturated heterocycles. The summed E-state index contributed by atoms with van der Waals surface area (Å²) < 4.78 is 5.16. The molecule has 0 bridgehead atoms. The maximum atomic E-state index is 12.0. The number of carboxylic acid groups (broad SMARTS) is 1. The van der Waals surface area contributed by atoms with Crippen molar-refractivity contribution < 1.29 is 14.4 Å². The quantitative estimate of drug-likeness (QED) is 0.452. The minimum atomic E-state index is -0.960. The summed E-state index contributed by atoms with van der Waals surface area (Å²) in [5, 5.41) is 13.6. The molecule has 0 aliphatic rings. The van der Waals surface area contributed by atoms with Gasteiger partial charge in [0, 0.05) is 29.2 Å². The van der Waals surface area contributed by atoms with Crippen molar-refractivity contribution in [2.75, 3.05) is 0 Å². The smallest absolute Gasteiger partial charge is 0.328 e. The number of aliphatic imine (C=N–C) groups is 1. The van der Waals surface area contributed by atoms with Gasteiger partial charge in [0.05, 0.1) is 11.9 Å². The third kappa shape index (κ3) is 4.52. The number of aliphatic carboxylic acids is 1. The molecule has 148 valence electrons. The number of rotatable bonds is 7. The fourth-order valence-corrected chi connectivity index (χ4v) is 3.24. The van der Waals surface area contributed by atoms with Crippen LogP contribution in [0.5, 0.6) is 0 Å². The van der Waals surface area contributed by atoms with E-state index in [1.165, 1.54) is 0 Å². The van der Waals surface area contributed by atoms with Crippen molar-refractivity contribution in [2.45, 2.75) is 12.5 Å². The van der Waals surface area contributed by atoms with E-state index in [1.807, 2.05) is 84.9 Å². The summed E-state index contributed by atoms with van der Waals surface area (Å²) in [5.74, 6) is -0.288. The van der Waals surface area contributed by atoms with Gasteiger partial charge >= 0.3 is 5.97 Å². The Labute approximate surface area is 174 Å². The Morgan fingerprint density at radius 1 is 0.867 bits per heavy atom. The Balaban J connectivity index is 1.65. The second-order valence-corrected chi connectivity index (χ2v) is 6.84. The second-order valence-electron chi connectivity index (χ2n) is 6.84. The Bertz CT molecular complexity index is 1080. The molecule has 3 aromatic carbocycles. The van der Waals surface area contributed by atoms with E-state index in [0.29, 0.717) is 11.5 Å². The predicted molar refractivity (Wildman–Crippen MR) is 116 cm³/mol. The molecule has 4 aromatic rings. The lowest BCUT2D eigenvalue weighted by molar-refractivity contribution is -0.138. The highest BCUT2D eigenvalue weighted by atomic mass is 16.5. The van der Waals surface area contributed by atoms with Crippen LogP contribution in [0.1, 0.15) is 16.7 Å². The minimum Gasteiger partial charge on any atom is -0.480 e. The van der Waals surface area contributed by atoms with Gasteiger partial charge in [0.15, 0.2) is 11.8 Å². The molecule has 0 unspecified atom stereocenters. The fourth-order valence-electron chi connectivity index (χ4n) is 3.24. The molecule has 1 heterocycles. The van der Waals surface area contributed by atoms with E-state index in [-0.39, 0.29) is 6.42 Å². The summed E-state index contributed by atoms with van der Waals surface area (Å²) in [4.78, 5) is 16.7. The van der Waals surface area contributed by atoms with Gasteiger partial charge in [-0.05, 0) is 5.56 Å². The lowest BCUT2D eigenvalue weighted by atomic mass is 10.00. The Morgan fingerprint density at radius 3 is 1.97 bits per heavy atom. The van der Waals surface area contributed by atoms with Gasteiger partial charge in [0.2, 0.25) is 0 Å². The van der Waals surface area contributed by atoms with Crippen LogP contribution < -0.4 is 0 Å². The van der Waals surface area contributed by atoms with Crippen molar-refractivity contribution in [1.29, 1.82) is 0 Å². The van der Waals surface area contributed by atoms with Crippen molar-refractivity contribution in [3.8, 4) is 11.3 Å². The molecule has 30 heavy (non-hydrogen) atoms. The predicted octanol–water partition coefficient (Wildman–Crippen LogP) is 4.87. The maximum absolute atomic E-state index is 12.0. The van der Waals surface area contributed by atoms with E-state index >= 15 is 0 Å². The van der Waals surface area contributed by atoms with Crippen LogP contribution in [0.2, 0.25) is 0 Å². The maximum Gasteiger partial charge on any atom is 0.328 e. The van der Waals surface area contributed by atoms with Crippen molar-refractivity contribution in [3.63, 3.8) is 0 Å². The molecule has 0 fully saturated rings. The molecular weight excluding hydrogens is 376 g/mol. The lowest BCUT2D eigenvalue weighted by Crippen LogP contribution is -2.23. The Hall–Kier alpha value is -3.99. The third-order valence-electron chi connectivity index (χ3n) is 4.77. The summed E-state index contributed by atoms with van der Waals surface area (Å²) in [6.07, 6.45) is 1.88. The first-order valence-electron chi connectivity index (χ1n) is 9.62. The Kier molecular flexibility index (Phi) is 5.80. The van der Waals surface area contributed by atoms with E-state index in [2.05, 4.69) is 10.1 Å². The average molecular weight is 396 g/mol. The second kappa shape index (κ2) is 9.01. The Morgan fingerprint density at radius 2 is 1.47 bits per heavy atom. The van der Waals surface area contributed by atoms with Crippen molar-refractivity contribution in [1.82, 2.24) is 5.16 Å². The van der Waals surface area contributed by atoms with E-state index < -0.39 is 12.0 Å². The topological polar surface area (TPSA) is 75.7 Å². The number of hydrogen-bond acceptors (Lipinski definition) is 4. The molecule has 0 aliphatic carbocycles. The van der Waals surface area contributed by atoms with Gasteiger partial charge in [0.1, 0.15) is 0 Å². The number of hydrogen-bond donors (Lipinski definition) is 1. The molecule has 1 aromatic heterocycles. The van der Waals surface area contributed by atoms with E-state index in [4.69, 9.17) is 4.52 Å². The van der Waals surface area contributed by atoms with Crippen LogP contribution in [0.4, 0.5) is 0 Å². The fraction of sp³-hybridized carbons (Fsp3) is 0.0800. The lowest BCUT2D eigenvalue weighted by Gasteiger charge is -2.13. The van der Waals surface area contributed by atoms with Gasteiger partial charge in [-0.1, -0.05) is 90.1 Å². The molecule has 0 aliphatic heterocycles. The molecule has 5 nitrogen and oxygen atoms in total. The summed E-state index contributed by atoms with van der Waals surface area (Å²) in [6.45, 7) is 0. The van der Waals surface area contributed by atoms with Crippen LogP contribution >= 0.6 is 0 Å². The summed E-state index contributed by atoms with van der Waals surface area (Å²) in [7, 11) is 0. The summed E-state index contributed by atoms with van der Waals surface area (Å²) in [6, 6.07) is 27.8. The van der Waals surface area contributed by atoms with Gasteiger partial charge in [-0.3, -0.25) is 4.99 Å². The highest BCUT2D eigenvalue weighted by molar-refractivity contribution is 6.13. The van der Waals surface area contributed by atoms with E-state index in [9.17, 15) is 9.90 Å². The minimum absolute atomic E-state index is 0.287. The van der Waals surface area contributed by atoms with Crippen molar-refractivity contribution >= 4 is 11.7 Å². The molecule has 1 atom stereocenters. The van der Waals surface area contributed by atoms with Gasteiger partial charge < -0.3 is 9.63 Å². The van der Waals surface area contributed by atoms with Crippen LogP contribution in [-0.4, -0.2) is 28.0 Å². The zero-order chi connectivity index (χ0) is 20.8. The standard InChI is InChI=1S/C25H20N2O3/c28-25(29)22(17-18-11-13-19(14-12-18)23-15-16-26-30-23)27-24(20-7-3-1-4-8-20)21-9-5-2-6-10-21/h1-16,22H,17H2,(H,28,29)/t22-/m0/s1. The highest BCUT2D eigenvalue weighted by Crippen LogP contribution is 2.20. The number of nitrogens with zero attached hydrogens (tertiary/aromatic N) is 2. The SMILES string of the molecule is O=C(O)[C@H](Cc1ccc(-c2ccno2)cc1)N=C(c1ccccc1)c1ccccc1. The first-order chi connectivity index (χ1) is 14.7. The van der Waals surface area contributed by atoms with Gasteiger partial charge in [-0.25, -0.2) is 4.79 Å². The molecule has 0 saturated carbocycles. The van der Waals surface area contributed by atoms with Crippen LogP contribution in [-0.2, 0) is 11.2 Å². The summed E-state index contributed by atoms with van der Waals surface area (Å²) >= 11 is 0. The van der Waals surface area contributed by atoms with E-state index in [0.717, 1.165) is 22.3 Å². The molecule has 1 N–H and O–H groups in total. The highest BCUT2D eigenvalue weighted by Gasteiger charge is 2.19. The average Bonchev–Trinajstić information content (AvgIpc) is 3.33. The number of carboxylic acids is 1. The van der Waals surface area contributed by atoms with Crippen molar-refractivity contribution in [2.24, 2.45) is 4.99 Å².